The lowest BCUT2D eigenvalue weighted by Gasteiger charge is -2.36. The fourth-order valence-electron chi connectivity index (χ4n) is 6.78. The highest BCUT2D eigenvalue weighted by Gasteiger charge is 2.34. The number of alkyl halides is 2. The van der Waals surface area contributed by atoms with E-state index in [4.69, 9.17) is 5.10 Å². The lowest BCUT2D eigenvalue weighted by Crippen LogP contribution is -2.41. The Bertz CT molecular complexity index is 1150. The van der Waals surface area contributed by atoms with Gasteiger partial charge in [-0.3, -0.25) is 14.5 Å². The molecule has 1 amide bonds. The smallest absolute Gasteiger partial charge is 0.265 e. The number of piperidine rings is 2. The third-order valence-corrected chi connectivity index (χ3v) is 8.95. The van der Waals surface area contributed by atoms with E-state index in [-0.39, 0.29) is 11.5 Å². The maximum absolute atomic E-state index is 13.6. The van der Waals surface area contributed by atoms with Gasteiger partial charge >= 0.3 is 0 Å². The van der Waals surface area contributed by atoms with Gasteiger partial charge in [-0.15, -0.1) is 0 Å². The van der Waals surface area contributed by atoms with Gasteiger partial charge < -0.3 is 20.0 Å². The number of amides is 1. The number of nitrogens with one attached hydrogen (secondary N) is 1. The first-order valence-corrected chi connectivity index (χ1v) is 14.3. The summed E-state index contributed by atoms with van der Waals surface area (Å²) < 4.78 is 29.4. The summed E-state index contributed by atoms with van der Waals surface area (Å²) in [5.41, 5.74) is 3.79. The molecule has 8 nitrogen and oxygen atoms in total. The molecule has 0 spiro atoms. The summed E-state index contributed by atoms with van der Waals surface area (Å²) in [6.45, 7) is 9.14. The van der Waals surface area contributed by atoms with E-state index in [1.54, 1.807) is 13.0 Å². The Morgan fingerprint density at radius 1 is 1.11 bits per heavy atom. The monoisotopic (exact) mass is 527 g/mol. The zero-order valence-corrected chi connectivity index (χ0v) is 22.3. The molecule has 206 valence electrons. The van der Waals surface area contributed by atoms with E-state index in [1.165, 1.54) is 31.3 Å². The Morgan fingerprint density at radius 3 is 2.63 bits per heavy atom. The number of hydrogen-bond acceptors (Lipinski definition) is 6. The summed E-state index contributed by atoms with van der Waals surface area (Å²) in [6, 6.07) is 1.91. The van der Waals surface area contributed by atoms with Crippen molar-refractivity contribution in [2.24, 2.45) is 5.92 Å². The van der Waals surface area contributed by atoms with Gasteiger partial charge in [-0.25, -0.2) is 8.78 Å². The van der Waals surface area contributed by atoms with Crippen LogP contribution in [0.2, 0.25) is 0 Å². The van der Waals surface area contributed by atoms with E-state index in [9.17, 15) is 13.6 Å². The molecular formula is C28H39F2N7O. The number of carbonyl (C=O) groups is 1. The Balaban J connectivity index is 1.28. The SMILES string of the molecule is CC(=O)N1CCc2c(c(N3CCCc4ncc(C(F)F)cc43)nn2C2CCN(CC3CCNCC3)CC2)C1. The molecule has 0 atom stereocenters. The number of carbonyl (C=O) groups excluding carboxylic acids is 1. The molecule has 2 aromatic rings. The molecule has 6 rings (SSSR count). The first kappa shape index (κ1) is 25.7. The van der Waals surface area contributed by atoms with Crippen molar-refractivity contribution in [3.05, 3.63) is 34.8 Å². The fourth-order valence-corrected chi connectivity index (χ4v) is 6.78. The third-order valence-electron chi connectivity index (χ3n) is 8.95. The van der Waals surface area contributed by atoms with Crippen molar-refractivity contribution >= 4 is 17.4 Å². The second kappa shape index (κ2) is 10.9. The third kappa shape index (κ3) is 5.04. The van der Waals surface area contributed by atoms with Crippen LogP contribution in [-0.2, 0) is 24.2 Å². The molecule has 2 aromatic heterocycles. The summed E-state index contributed by atoms with van der Waals surface area (Å²) in [7, 11) is 0. The van der Waals surface area contributed by atoms with E-state index in [0.717, 1.165) is 87.0 Å². The van der Waals surface area contributed by atoms with Gasteiger partial charge in [-0.05, 0) is 63.6 Å². The largest absolute Gasteiger partial charge is 0.338 e. The van der Waals surface area contributed by atoms with Crippen LogP contribution in [-0.4, -0.2) is 76.3 Å². The topological polar surface area (TPSA) is 69.5 Å². The van der Waals surface area contributed by atoms with Crippen LogP contribution >= 0.6 is 0 Å². The van der Waals surface area contributed by atoms with Crippen molar-refractivity contribution < 1.29 is 13.6 Å². The maximum atomic E-state index is 13.6. The molecule has 2 saturated heterocycles. The first-order chi connectivity index (χ1) is 18.5. The van der Waals surface area contributed by atoms with E-state index in [0.29, 0.717) is 25.7 Å². The van der Waals surface area contributed by atoms with Crippen molar-refractivity contribution in [1.82, 2.24) is 29.9 Å². The molecule has 0 radical (unpaired) electrons. The highest BCUT2D eigenvalue weighted by atomic mass is 19.3. The van der Waals surface area contributed by atoms with Gasteiger partial charge in [0, 0.05) is 69.1 Å². The number of fused-ring (bicyclic) bond motifs is 2. The standard InChI is InChI=1S/C28H39F2N7O/c1-19(38)35-14-8-25-23(18-35)28(36-11-2-3-24-26(36)15-21(16-32-24)27(29)30)33-37(25)22-6-12-34(13-7-22)17-20-4-9-31-10-5-20/h15-16,20,22,27,31H,2-14,17-18H2,1H3. The van der Waals surface area contributed by atoms with Gasteiger partial charge in [0.2, 0.25) is 5.91 Å². The molecule has 38 heavy (non-hydrogen) atoms. The van der Waals surface area contributed by atoms with Crippen molar-refractivity contribution in [1.29, 1.82) is 0 Å². The number of likely N-dealkylation sites (tertiary alicyclic amines) is 1. The minimum atomic E-state index is -2.56. The minimum Gasteiger partial charge on any atom is -0.338 e. The average Bonchev–Trinajstić information content (AvgIpc) is 3.32. The molecule has 2 fully saturated rings. The molecule has 4 aliphatic rings. The van der Waals surface area contributed by atoms with Gasteiger partial charge in [0.1, 0.15) is 0 Å². The highest BCUT2D eigenvalue weighted by molar-refractivity contribution is 5.75. The van der Waals surface area contributed by atoms with E-state index >= 15 is 0 Å². The second-order valence-electron chi connectivity index (χ2n) is 11.4. The fraction of sp³-hybridized carbons (Fsp3) is 0.679. The number of hydrogen-bond donors (Lipinski definition) is 1. The van der Waals surface area contributed by atoms with E-state index in [1.807, 2.05) is 4.90 Å². The number of pyridine rings is 1. The Labute approximate surface area is 223 Å². The Hall–Kier alpha value is -2.59. The van der Waals surface area contributed by atoms with Gasteiger partial charge in [-0.1, -0.05) is 0 Å². The molecule has 0 bridgehead atoms. The number of rotatable bonds is 5. The minimum absolute atomic E-state index is 0.0567. The van der Waals surface area contributed by atoms with E-state index < -0.39 is 6.43 Å². The van der Waals surface area contributed by atoms with Crippen LogP contribution in [0.4, 0.5) is 20.3 Å². The van der Waals surface area contributed by atoms with Crippen molar-refractivity contribution in [3.8, 4) is 0 Å². The first-order valence-electron chi connectivity index (χ1n) is 14.3. The molecule has 0 saturated carbocycles. The second-order valence-corrected chi connectivity index (χ2v) is 11.4. The number of aromatic nitrogens is 3. The molecule has 0 unspecified atom stereocenters. The lowest BCUT2D eigenvalue weighted by atomic mass is 9.95. The summed E-state index contributed by atoms with van der Waals surface area (Å²) in [5.74, 6) is 1.67. The normalized spacial score (nSPS) is 21.6. The molecular weight excluding hydrogens is 488 g/mol. The summed E-state index contributed by atoms with van der Waals surface area (Å²) in [5, 5.41) is 8.67. The van der Waals surface area contributed by atoms with Crippen LogP contribution in [0, 0.1) is 5.92 Å². The van der Waals surface area contributed by atoms with Gasteiger partial charge in [0.05, 0.1) is 24.0 Å². The van der Waals surface area contributed by atoms with Crippen LogP contribution < -0.4 is 10.2 Å². The quantitative estimate of drug-likeness (QED) is 0.637. The van der Waals surface area contributed by atoms with Crippen LogP contribution in [0.5, 0.6) is 0 Å². The predicted molar refractivity (Wildman–Crippen MR) is 142 cm³/mol. The number of aryl methyl sites for hydroxylation is 1. The predicted octanol–water partition coefficient (Wildman–Crippen LogP) is 3.84. The van der Waals surface area contributed by atoms with Crippen molar-refractivity contribution in [3.63, 3.8) is 0 Å². The molecule has 1 N–H and O–H groups in total. The summed E-state index contributed by atoms with van der Waals surface area (Å²) in [6.07, 6.45) is 5.82. The Morgan fingerprint density at radius 2 is 1.89 bits per heavy atom. The molecule has 0 aliphatic carbocycles. The van der Waals surface area contributed by atoms with Gasteiger partial charge in [0.15, 0.2) is 5.82 Å². The molecule has 0 aromatic carbocycles. The Kier molecular flexibility index (Phi) is 7.35. The number of halogens is 2. The molecule has 10 heteroatoms. The van der Waals surface area contributed by atoms with Crippen LogP contribution in [0.15, 0.2) is 12.3 Å². The maximum Gasteiger partial charge on any atom is 0.265 e. The molecule has 6 heterocycles. The van der Waals surface area contributed by atoms with Crippen LogP contribution in [0.1, 0.15) is 74.0 Å². The lowest BCUT2D eigenvalue weighted by molar-refractivity contribution is -0.129. The summed E-state index contributed by atoms with van der Waals surface area (Å²) >= 11 is 0. The van der Waals surface area contributed by atoms with Gasteiger partial charge in [-0.2, -0.15) is 5.10 Å². The molecule has 4 aliphatic heterocycles. The van der Waals surface area contributed by atoms with Crippen LogP contribution in [0.25, 0.3) is 0 Å². The highest BCUT2D eigenvalue weighted by Crippen LogP contribution is 2.40. The number of anilines is 2. The van der Waals surface area contributed by atoms with E-state index in [2.05, 4.69) is 24.8 Å². The van der Waals surface area contributed by atoms with Crippen molar-refractivity contribution in [2.45, 2.75) is 70.9 Å². The average molecular weight is 528 g/mol. The zero-order valence-electron chi connectivity index (χ0n) is 22.3. The van der Waals surface area contributed by atoms with Crippen molar-refractivity contribution in [2.75, 3.05) is 50.7 Å². The zero-order chi connectivity index (χ0) is 26.2. The number of nitrogens with zero attached hydrogens (tertiary/aromatic N) is 6. The van der Waals surface area contributed by atoms with Crippen LogP contribution in [0.3, 0.4) is 0 Å². The van der Waals surface area contributed by atoms with Gasteiger partial charge in [0.25, 0.3) is 6.43 Å². The summed E-state index contributed by atoms with van der Waals surface area (Å²) in [4.78, 5) is 23.3.